The van der Waals surface area contributed by atoms with Crippen molar-refractivity contribution in [1.82, 2.24) is 0 Å². The van der Waals surface area contributed by atoms with Crippen molar-refractivity contribution in [3.05, 3.63) is 253 Å². The summed E-state index contributed by atoms with van der Waals surface area (Å²) in [6, 6.07) is 55.7. The van der Waals surface area contributed by atoms with E-state index in [9.17, 15) is 40.2 Å². The van der Waals surface area contributed by atoms with Crippen molar-refractivity contribution < 1.29 is 42.9 Å². The minimum absolute atomic E-state index is 0.177. The Morgan fingerprint density at radius 3 is 1.02 bits per heavy atom. The van der Waals surface area contributed by atoms with E-state index < -0.39 is 23.6 Å². The zero-order chi connectivity index (χ0) is 58.2. The number of hydrogen-bond acceptors (Lipinski definition) is 13. The molecule has 0 aliphatic carbocycles. The van der Waals surface area contributed by atoms with E-state index in [1.54, 1.807) is 104 Å². The maximum atomic E-state index is 13.9. The molecular weight excluding hydrogens is 1040 g/mol. The van der Waals surface area contributed by atoms with E-state index in [4.69, 9.17) is 23.7 Å². The van der Waals surface area contributed by atoms with Gasteiger partial charge in [-0.05, 0) is 200 Å². The van der Waals surface area contributed by atoms with Crippen molar-refractivity contribution in [2.24, 2.45) is 0 Å². The Balaban J connectivity index is 0.809. The summed E-state index contributed by atoms with van der Waals surface area (Å²) in [4.78, 5) is 57.5. The molecule has 15 heteroatoms. The number of carbonyl (C=O) groups excluding carboxylic acids is 4. The highest BCUT2D eigenvalue weighted by Gasteiger charge is 2.39. The Morgan fingerprint density at radius 2 is 0.663 bits per heavy atom. The van der Waals surface area contributed by atoms with Gasteiger partial charge in [-0.1, -0.05) is 36.4 Å². The Labute approximate surface area is 476 Å². The molecule has 0 aromatic heterocycles. The third-order valence-electron chi connectivity index (χ3n) is 14.4. The highest BCUT2D eigenvalue weighted by atomic mass is 16.5. The van der Waals surface area contributed by atoms with Crippen molar-refractivity contribution in [3.63, 3.8) is 0 Å². The molecule has 2 aliphatic rings. The van der Waals surface area contributed by atoms with E-state index in [0.717, 1.165) is 48.7 Å². The van der Waals surface area contributed by atoms with E-state index in [-0.39, 0.29) is 50.4 Å². The number of fused-ring (bicyclic) bond motifs is 2. The van der Waals surface area contributed by atoms with Gasteiger partial charge in [0.1, 0.15) is 76.0 Å². The van der Waals surface area contributed by atoms with E-state index in [1.807, 2.05) is 76.2 Å². The normalized spacial score (nSPS) is 12.3. The molecule has 15 nitrogen and oxygen atoms in total. The van der Waals surface area contributed by atoms with Crippen LogP contribution < -0.4 is 33.5 Å². The van der Waals surface area contributed by atoms with Crippen LogP contribution in [-0.4, -0.2) is 30.7 Å². The van der Waals surface area contributed by atoms with Crippen molar-refractivity contribution in [1.29, 1.82) is 21.0 Å². The minimum Gasteiger partial charge on any atom is -0.497 e. The van der Waals surface area contributed by atoms with Crippen molar-refractivity contribution in [2.45, 2.75) is 33.6 Å². The molecular formula is C68H44N6O9. The van der Waals surface area contributed by atoms with Crippen LogP contribution >= 0.6 is 0 Å². The number of hydrogen-bond donors (Lipinski definition) is 0. The largest absolute Gasteiger partial charge is 0.497 e. The van der Waals surface area contributed by atoms with Gasteiger partial charge in [-0.25, -0.2) is 9.80 Å². The molecule has 2 aliphatic heterocycles. The highest BCUT2D eigenvalue weighted by molar-refractivity contribution is 6.35. The summed E-state index contributed by atoms with van der Waals surface area (Å²) in [7, 11) is 1.62. The lowest BCUT2D eigenvalue weighted by Crippen LogP contribution is -2.29. The molecule has 4 amide bonds. The fourth-order valence-electron chi connectivity index (χ4n) is 10.4. The van der Waals surface area contributed by atoms with Gasteiger partial charge in [0.05, 0.1) is 63.0 Å². The standard InChI is InChI=1S/C68H44N6O9/c1-38-26-45(27-39(2)63(38)82-56-22-24-58-60(32-56)67(77)73(65(58)75)49-10-18-52(19-11-49)80-54-16-8-43(34-69)47(30-54)36-71)62(42-6-14-51(79-5)15-7-42)46-28-40(3)64(41(4)29-46)83-57-23-25-59-61(33-57)68(78)74(66(59)76)50-12-20-53(21-13-50)81-55-17-9-44(35-70)48(31-55)37-72/h6-33,62H,1-5H3. The Kier molecular flexibility index (Phi) is 14.0. The van der Waals surface area contributed by atoms with Gasteiger partial charge in [-0.3, -0.25) is 19.2 Å². The number of aryl methyl sites for hydroxylation is 4. The van der Waals surface area contributed by atoms with Gasteiger partial charge in [0.15, 0.2) is 0 Å². The van der Waals surface area contributed by atoms with Crippen LogP contribution in [0.3, 0.4) is 0 Å². The number of methoxy groups -OCH3 is 1. The molecule has 0 fully saturated rings. The zero-order valence-corrected chi connectivity index (χ0v) is 45.1. The topological polar surface area (TPSA) is 216 Å². The molecule has 83 heavy (non-hydrogen) atoms. The molecule has 400 valence electrons. The first-order valence-corrected chi connectivity index (χ1v) is 25.9. The lowest BCUT2D eigenvalue weighted by molar-refractivity contribution is 0.0910. The van der Waals surface area contributed by atoms with Gasteiger partial charge in [0.2, 0.25) is 0 Å². The summed E-state index contributed by atoms with van der Waals surface area (Å²) < 4.78 is 30.4. The van der Waals surface area contributed by atoms with E-state index in [2.05, 4.69) is 24.3 Å². The maximum Gasteiger partial charge on any atom is 0.266 e. The number of nitrogens with zero attached hydrogens (tertiary/aromatic N) is 6. The van der Waals surface area contributed by atoms with Crippen LogP contribution in [0.4, 0.5) is 11.4 Å². The maximum absolute atomic E-state index is 13.9. The quantitative estimate of drug-likeness (QED) is 0.0732. The third kappa shape index (κ3) is 10.1. The Bertz CT molecular complexity index is 4090. The molecule has 0 radical (unpaired) electrons. The lowest BCUT2D eigenvalue weighted by atomic mass is 9.82. The third-order valence-corrected chi connectivity index (χ3v) is 14.4. The number of rotatable bonds is 14. The van der Waals surface area contributed by atoms with Gasteiger partial charge in [0, 0.05) is 5.92 Å². The first-order chi connectivity index (χ1) is 40.2. The molecule has 0 unspecified atom stereocenters. The summed E-state index contributed by atoms with van der Waals surface area (Å²) in [5, 5.41) is 37.4. The molecule has 0 saturated heterocycles. The van der Waals surface area contributed by atoms with Crippen molar-refractivity contribution in [3.8, 4) is 76.0 Å². The van der Waals surface area contributed by atoms with E-state index in [0.29, 0.717) is 63.1 Å². The van der Waals surface area contributed by atoms with Gasteiger partial charge in [-0.2, -0.15) is 21.0 Å². The van der Waals surface area contributed by atoms with E-state index in [1.165, 1.54) is 24.3 Å². The fraction of sp³-hybridized carbons (Fsp3) is 0.0882. The van der Waals surface area contributed by atoms with Crippen molar-refractivity contribution >= 4 is 35.0 Å². The number of ether oxygens (including phenoxy) is 5. The molecule has 11 rings (SSSR count). The predicted molar refractivity (Wildman–Crippen MR) is 306 cm³/mol. The summed E-state index contributed by atoms with van der Waals surface area (Å²) in [5.74, 6) is 1.84. The second-order valence-corrected chi connectivity index (χ2v) is 19.7. The van der Waals surface area contributed by atoms with Crippen molar-refractivity contribution in [2.75, 3.05) is 16.9 Å². The number of nitriles is 4. The number of anilines is 2. The molecule has 9 aromatic rings. The van der Waals surface area contributed by atoms with Gasteiger partial charge < -0.3 is 23.7 Å². The van der Waals surface area contributed by atoms with Crippen LogP contribution in [0.15, 0.2) is 170 Å². The zero-order valence-electron chi connectivity index (χ0n) is 45.1. The highest BCUT2D eigenvalue weighted by Crippen LogP contribution is 2.43. The summed E-state index contributed by atoms with van der Waals surface area (Å²) in [5.41, 5.74) is 8.58. The first-order valence-electron chi connectivity index (χ1n) is 25.9. The number of benzene rings is 9. The number of amides is 4. The molecule has 0 bridgehead atoms. The average molecular weight is 1090 g/mol. The van der Waals surface area contributed by atoms with Gasteiger partial charge in [-0.15, -0.1) is 0 Å². The SMILES string of the molecule is COc1ccc(C(c2cc(C)c(Oc3ccc4c(c3)C(=O)N(c3ccc(Oc5ccc(C#N)c(C#N)c5)cc3)C4=O)c(C)c2)c2cc(C)c(Oc3ccc4c(c3)C(=O)N(c3ccc(Oc5ccc(C#N)c(C#N)c5)cc3)C4=O)c(C)c2)cc1. The summed E-state index contributed by atoms with van der Waals surface area (Å²) >= 11 is 0. The van der Waals surface area contributed by atoms with Crippen LogP contribution in [-0.2, 0) is 0 Å². The second-order valence-electron chi connectivity index (χ2n) is 19.7. The summed E-state index contributed by atoms with van der Waals surface area (Å²) in [6.45, 7) is 7.83. The Morgan fingerprint density at radius 1 is 0.337 bits per heavy atom. The van der Waals surface area contributed by atoms with Crippen LogP contribution in [0.25, 0.3) is 0 Å². The van der Waals surface area contributed by atoms with Crippen LogP contribution in [0.2, 0.25) is 0 Å². The minimum atomic E-state index is -0.513. The van der Waals surface area contributed by atoms with Crippen LogP contribution in [0.1, 0.15) is 109 Å². The van der Waals surface area contributed by atoms with E-state index >= 15 is 0 Å². The average Bonchev–Trinajstić information content (AvgIpc) is 3.10. The van der Waals surface area contributed by atoms with Crippen LogP contribution in [0.5, 0.6) is 51.7 Å². The number of carbonyl (C=O) groups is 4. The van der Waals surface area contributed by atoms with Crippen LogP contribution in [0, 0.1) is 73.0 Å². The molecule has 0 spiro atoms. The fourth-order valence-corrected chi connectivity index (χ4v) is 10.4. The first kappa shape index (κ1) is 53.2. The molecule has 0 atom stereocenters. The second kappa shape index (κ2) is 21.8. The number of imide groups is 2. The molecule has 0 N–H and O–H groups in total. The molecule has 9 aromatic carbocycles. The molecule has 2 heterocycles. The summed E-state index contributed by atoms with van der Waals surface area (Å²) in [6.07, 6.45) is 0. The van der Waals surface area contributed by atoms with Gasteiger partial charge >= 0.3 is 0 Å². The lowest BCUT2D eigenvalue weighted by Gasteiger charge is -2.24. The Hall–Kier alpha value is -11.8. The van der Waals surface area contributed by atoms with Gasteiger partial charge in [0.25, 0.3) is 23.6 Å². The predicted octanol–water partition coefficient (Wildman–Crippen LogP) is 14.4. The molecule has 0 saturated carbocycles. The monoisotopic (exact) mass is 1090 g/mol. The smallest absolute Gasteiger partial charge is 0.266 e.